The highest BCUT2D eigenvalue weighted by Gasteiger charge is 2.33. The number of anilines is 2. The van der Waals surface area contributed by atoms with Crippen molar-refractivity contribution in [1.82, 2.24) is 40.6 Å². The number of nitrogens with one attached hydrogen (secondary N) is 3. The number of hydrogen-bond donors (Lipinski definition) is 3. The van der Waals surface area contributed by atoms with Gasteiger partial charge in [0, 0.05) is 44.0 Å². The molecule has 6 aromatic rings. The van der Waals surface area contributed by atoms with E-state index in [1.165, 1.54) is 50.9 Å². The number of carbonyl (C=O) groups is 4. The summed E-state index contributed by atoms with van der Waals surface area (Å²) in [6.45, 7) is 0.0908. The molecule has 2 atom stereocenters. The van der Waals surface area contributed by atoms with Crippen LogP contribution in [-0.2, 0) is 21.5 Å². The SMILES string of the molecule is C.CN1C(=O)[C@@H](NC(=O)c2cc(C#N)n(Cc3ccc(F)cc3)n2)COc2cccnc21.CN1C(=O)[C@@H](NC(=O)c2cc(C#N)n[nH]2)COc2cccnc21.Fc1ccc(CBr)cc1. The summed E-state index contributed by atoms with van der Waals surface area (Å²) < 4.78 is 37.8. The molecule has 0 aliphatic carbocycles. The van der Waals surface area contributed by atoms with Gasteiger partial charge in [0.2, 0.25) is 0 Å². The van der Waals surface area contributed by atoms with E-state index < -0.39 is 29.8 Å². The number of halogens is 3. The molecule has 2 aromatic carbocycles. The lowest BCUT2D eigenvalue weighted by atomic mass is 10.2. The van der Waals surface area contributed by atoms with E-state index in [0.29, 0.717) is 28.7 Å². The van der Waals surface area contributed by atoms with Crippen LogP contribution in [0.3, 0.4) is 0 Å². The predicted molar refractivity (Wildman–Crippen MR) is 230 cm³/mol. The van der Waals surface area contributed by atoms with E-state index in [1.54, 1.807) is 75.0 Å². The Morgan fingerprint density at radius 2 is 1.31 bits per heavy atom. The monoisotopic (exact) mass is 936 g/mol. The van der Waals surface area contributed by atoms with E-state index in [-0.39, 0.29) is 67.5 Å². The summed E-state index contributed by atoms with van der Waals surface area (Å²) >= 11 is 3.26. The highest BCUT2D eigenvalue weighted by Crippen LogP contribution is 2.28. The van der Waals surface area contributed by atoms with Crippen LogP contribution < -0.4 is 29.9 Å². The molecule has 64 heavy (non-hydrogen) atoms. The molecular weight excluding hydrogens is 898 g/mol. The maximum absolute atomic E-state index is 13.1. The van der Waals surface area contributed by atoms with E-state index in [4.69, 9.17) is 14.7 Å². The summed E-state index contributed by atoms with van der Waals surface area (Å²) in [5.41, 5.74) is 2.13. The third-order valence-electron chi connectivity index (χ3n) is 9.19. The predicted octanol–water partition coefficient (Wildman–Crippen LogP) is 4.68. The zero-order valence-electron chi connectivity index (χ0n) is 33.3. The second kappa shape index (κ2) is 21.7. The van der Waals surface area contributed by atoms with Gasteiger partial charge >= 0.3 is 0 Å². The molecule has 18 nitrogen and oxygen atoms in total. The van der Waals surface area contributed by atoms with Crippen LogP contribution in [0.25, 0.3) is 0 Å². The van der Waals surface area contributed by atoms with Gasteiger partial charge in [-0.3, -0.25) is 34.1 Å². The molecule has 0 unspecified atom stereocenters. The second-order valence-electron chi connectivity index (χ2n) is 13.5. The molecule has 8 rings (SSSR count). The number of hydrogen-bond acceptors (Lipinski definition) is 12. The molecule has 4 aromatic heterocycles. The summed E-state index contributed by atoms with van der Waals surface area (Å²) in [4.78, 5) is 61.0. The quantitative estimate of drug-likeness (QED) is 0.185. The standard InChI is InChI=1S/C21H17FN6O3.C14H12N6O3.C7H6BrF.CH4/c1-27-19-18(3-2-8-24-19)31-12-17(21(27)30)25-20(29)16-9-15(10-23)28(26-16)11-13-4-6-14(22)7-5-13;1-20-12-11(3-2-4-16-12)23-7-10(14(20)22)17-13(21)9-5-8(6-15)18-19-9;8-5-6-1-3-7(9)4-2-6;/h2-9,17H,11-12H2,1H3,(H,25,29);2-5,10H,7H2,1H3,(H,17,21)(H,18,19);1-4H,5H2;1H4/t17-;10-;;/m00../s1. The fraction of sp³-hybridized carbons (Fsp3) is 0.209. The maximum atomic E-state index is 13.1. The van der Waals surface area contributed by atoms with E-state index >= 15 is 0 Å². The van der Waals surface area contributed by atoms with Crippen molar-refractivity contribution < 1.29 is 37.4 Å². The number of likely N-dealkylation sites (N-methyl/N-ethyl adjacent to an activating group) is 2. The number of pyridine rings is 2. The molecule has 0 saturated heterocycles. The first kappa shape index (κ1) is 47.0. The molecule has 0 bridgehead atoms. The van der Waals surface area contributed by atoms with Crippen molar-refractivity contribution in [2.24, 2.45) is 0 Å². The lowest BCUT2D eigenvalue weighted by molar-refractivity contribution is -0.121. The highest BCUT2D eigenvalue weighted by atomic mass is 79.9. The molecule has 328 valence electrons. The van der Waals surface area contributed by atoms with E-state index in [2.05, 4.69) is 51.8 Å². The Morgan fingerprint density at radius 1 is 0.797 bits per heavy atom. The third kappa shape index (κ3) is 11.5. The maximum Gasteiger partial charge on any atom is 0.272 e. The van der Waals surface area contributed by atoms with Gasteiger partial charge in [-0.05, 0) is 59.7 Å². The van der Waals surface area contributed by atoms with Crippen molar-refractivity contribution in [2.75, 3.05) is 37.1 Å². The Balaban J connectivity index is 0.000000204. The Hall–Kier alpha value is -8.04. The summed E-state index contributed by atoms with van der Waals surface area (Å²) in [5.74, 6) is -0.812. The molecule has 6 heterocycles. The minimum absolute atomic E-state index is 0. The van der Waals surface area contributed by atoms with Crippen LogP contribution in [0, 0.1) is 34.3 Å². The van der Waals surface area contributed by atoms with Crippen molar-refractivity contribution in [2.45, 2.75) is 31.4 Å². The Bertz CT molecular complexity index is 2700. The number of fused-ring (bicyclic) bond motifs is 2. The van der Waals surface area contributed by atoms with Crippen LogP contribution in [0.5, 0.6) is 11.5 Å². The van der Waals surface area contributed by atoms with Crippen molar-refractivity contribution >= 4 is 51.2 Å². The molecule has 0 radical (unpaired) electrons. The zero-order chi connectivity index (χ0) is 45.0. The lowest BCUT2D eigenvalue weighted by Crippen LogP contribution is -2.49. The van der Waals surface area contributed by atoms with E-state index in [0.717, 1.165) is 10.9 Å². The number of aromatic nitrogens is 6. The minimum Gasteiger partial charge on any atom is -0.487 e. The average Bonchev–Trinajstić information content (AvgIpc) is 3.92. The third-order valence-corrected chi connectivity index (χ3v) is 9.84. The van der Waals surface area contributed by atoms with Crippen molar-refractivity contribution in [1.29, 1.82) is 10.5 Å². The number of alkyl halides is 1. The minimum atomic E-state index is -0.959. The van der Waals surface area contributed by atoms with Crippen molar-refractivity contribution in [3.05, 3.63) is 143 Å². The number of aromatic amines is 1. The summed E-state index contributed by atoms with van der Waals surface area (Å²) in [5, 5.41) is 34.3. The topological polar surface area (TPSA) is 237 Å². The van der Waals surface area contributed by atoms with Crippen LogP contribution in [0.15, 0.2) is 97.3 Å². The normalized spacial score (nSPS) is 14.9. The van der Waals surface area contributed by atoms with Gasteiger partial charge in [-0.15, -0.1) is 0 Å². The van der Waals surface area contributed by atoms with Gasteiger partial charge in [0.25, 0.3) is 23.6 Å². The first-order valence-electron chi connectivity index (χ1n) is 18.7. The Labute approximate surface area is 373 Å². The second-order valence-corrected chi connectivity index (χ2v) is 14.0. The number of amides is 4. The van der Waals surface area contributed by atoms with Crippen LogP contribution >= 0.6 is 15.9 Å². The number of ether oxygens (including phenoxy) is 2. The van der Waals surface area contributed by atoms with E-state index in [9.17, 15) is 33.2 Å². The van der Waals surface area contributed by atoms with Gasteiger partial charge in [-0.25, -0.2) is 23.4 Å². The van der Waals surface area contributed by atoms with Crippen LogP contribution in [-0.4, -0.2) is 93.0 Å². The van der Waals surface area contributed by atoms with Crippen LogP contribution in [0.2, 0.25) is 0 Å². The fourth-order valence-electron chi connectivity index (χ4n) is 5.90. The van der Waals surface area contributed by atoms with Gasteiger partial charge in [0.15, 0.2) is 34.5 Å². The van der Waals surface area contributed by atoms with Crippen molar-refractivity contribution in [3.63, 3.8) is 0 Å². The fourth-order valence-corrected chi connectivity index (χ4v) is 6.28. The molecule has 2 aliphatic rings. The number of nitriles is 2. The molecule has 4 amide bonds. The number of nitrogens with zero attached hydrogens (tertiary/aromatic N) is 9. The number of benzene rings is 2. The summed E-state index contributed by atoms with van der Waals surface area (Å²) in [7, 11) is 3.11. The number of rotatable bonds is 7. The largest absolute Gasteiger partial charge is 0.487 e. The molecule has 0 saturated carbocycles. The summed E-state index contributed by atoms with van der Waals surface area (Å²) in [6.07, 6.45) is 3.10. The van der Waals surface area contributed by atoms with Gasteiger partial charge < -0.3 is 20.1 Å². The molecule has 2 aliphatic heterocycles. The van der Waals surface area contributed by atoms with Gasteiger partial charge in [-0.1, -0.05) is 47.6 Å². The van der Waals surface area contributed by atoms with E-state index in [1.807, 2.05) is 12.1 Å². The number of carbonyl (C=O) groups excluding carboxylic acids is 4. The summed E-state index contributed by atoms with van der Waals surface area (Å²) in [6, 6.07) is 23.5. The zero-order valence-corrected chi connectivity index (χ0v) is 34.9. The first-order valence-corrected chi connectivity index (χ1v) is 19.8. The van der Waals surface area contributed by atoms with Crippen LogP contribution in [0.1, 0.15) is 50.9 Å². The molecular formula is C43H39BrF2N12O6. The highest BCUT2D eigenvalue weighted by molar-refractivity contribution is 9.08. The van der Waals surface area contributed by atoms with Gasteiger partial charge in [0.05, 0.1) is 6.54 Å². The Morgan fingerprint density at radius 3 is 1.80 bits per heavy atom. The van der Waals surface area contributed by atoms with Crippen LogP contribution in [0.4, 0.5) is 20.4 Å². The Kier molecular flexibility index (Phi) is 15.9. The molecule has 21 heteroatoms. The lowest BCUT2D eigenvalue weighted by Gasteiger charge is -2.19. The molecule has 3 N–H and O–H groups in total. The molecule has 0 spiro atoms. The number of H-pyrrole nitrogens is 1. The average molecular weight is 938 g/mol. The smallest absolute Gasteiger partial charge is 0.272 e. The van der Waals surface area contributed by atoms with Gasteiger partial charge in [0.1, 0.15) is 60.5 Å². The van der Waals surface area contributed by atoms with Crippen molar-refractivity contribution in [3.8, 4) is 23.6 Å². The molecule has 0 fully saturated rings. The first-order chi connectivity index (χ1) is 30.4. The van der Waals surface area contributed by atoms with Gasteiger partial charge in [-0.2, -0.15) is 20.7 Å².